The number of carbonyl (C=O) groups excluding carboxylic acids is 1. The number of rotatable bonds is 6. The van der Waals surface area contributed by atoms with Crippen LogP contribution in [0.3, 0.4) is 0 Å². The lowest BCUT2D eigenvalue weighted by molar-refractivity contribution is 0.0490. The lowest BCUT2D eigenvalue weighted by atomic mass is 10.0. The Morgan fingerprint density at radius 1 is 1.39 bits per heavy atom. The fourth-order valence-electron chi connectivity index (χ4n) is 2.38. The topological polar surface area (TPSA) is 70.6 Å². The Bertz CT molecular complexity index is 553. The first-order valence-electron chi connectivity index (χ1n) is 7.86. The third-order valence-corrected chi connectivity index (χ3v) is 4.36. The van der Waals surface area contributed by atoms with Crippen LogP contribution in [0.4, 0.5) is 4.79 Å². The van der Waals surface area contributed by atoms with E-state index < -0.39 is 17.8 Å². The molecule has 0 saturated heterocycles. The fraction of sp³-hybridized carbons (Fsp3) is 0.588. The maximum absolute atomic E-state index is 11.6. The van der Waals surface area contributed by atoms with Gasteiger partial charge in [0.05, 0.1) is 6.10 Å². The minimum absolute atomic E-state index is 0.0198. The van der Waals surface area contributed by atoms with E-state index in [0.717, 1.165) is 12.8 Å². The summed E-state index contributed by atoms with van der Waals surface area (Å²) >= 11 is 2.31. The highest BCUT2D eigenvalue weighted by molar-refractivity contribution is 14.1. The average Bonchev–Trinajstić information content (AvgIpc) is 3.22. The van der Waals surface area contributed by atoms with Crippen molar-refractivity contribution in [2.45, 2.75) is 50.9 Å². The summed E-state index contributed by atoms with van der Waals surface area (Å²) in [6.07, 6.45) is 0.983. The molecule has 0 aromatic heterocycles. The van der Waals surface area contributed by atoms with Gasteiger partial charge >= 0.3 is 6.09 Å². The smallest absolute Gasteiger partial charge is 0.407 e. The molecule has 3 N–H and O–H groups in total. The number of amides is 1. The molecule has 0 bridgehead atoms. The number of ether oxygens (including phenoxy) is 1. The second-order valence-corrected chi connectivity index (χ2v) is 8.26. The molecule has 1 amide bonds. The Labute approximate surface area is 151 Å². The van der Waals surface area contributed by atoms with E-state index in [9.17, 15) is 9.90 Å². The van der Waals surface area contributed by atoms with Crippen LogP contribution in [-0.2, 0) is 10.3 Å². The van der Waals surface area contributed by atoms with E-state index in [-0.39, 0.29) is 12.1 Å². The molecule has 1 aliphatic rings. The summed E-state index contributed by atoms with van der Waals surface area (Å²) in [5.41, 5.74) is 0.709. The van der Waals surface area contributed by atoms with Crippen LogP contribution >= 0.6 is 22.6 Å². The average molecular weight is 432 g/mol. The fourth-order valence-corrected chi connectivity index (χ4v) is 2.92. The molecule has 0 radical (unpaired) electrons. The van der Waals surface area contributed by atoms with Crippen LogP contribution in [0.25, 0.3) is 0 Å². The Morgan fingerprint density at radius 2 is 2.09 bits per heavy atom. The molecule has 1 aliphatic carbocycles. The lowest BCUT2D eigenvalue weighted by Gasteiger charge is -2.22. The van der Waals surface area contributed by atoms with E-state index >= 15 is 0 Å². The zero-order valence-electron chi connectivity index (χ0n) is 13.9. The standard InChI is InChI=1S/C17H25IN2O3/c1-16(2,3)23-15(22)19-10-14(21)11-20-17(7-8-17)12-5-4-6-13(18)9-12/h4-6,9,14,20-21H,7-8,10-11H2,1-3H3,(H,19,22)/t14-/m0/s1. The van der Waals surface area contributed by atoms with Gasteiger partial charge in [-0.05, 0) is 73.9 Å². The number of alkyl carbamates (subject to hydrolysis) is 1. The number of benzene rings is 1. The first-order chi connectivity index (χ1) is 10.7. The zero-order valence-corrected chi connectivity index (χ0v) is 16.0. The zero-order chi connectivity index (χ0) is 17.1. The monoisotopic (exact) mass is 432 g/mol. The molecule has 23 heavy (non-hydrogen) atoms. The third-order valence-electron chi connectivity index (χ3n) is 3.68. The highest BCUT2D eigenvalue weighted by Gasteiger charge is 2.44. The van der Waals surface area contributed by atoms with Crippen LogP contribution in [0.15, 0.2) is 24.3 Å². The molecule has 1 aromatic carbocycles. The van der Waals surface area contributed by atoms with Gasteiger partial charge in [0.15, 0.2) is 0 Å². The second-order valence-electron chi connectivity index (χ2n) is 7.01. The number of aliphatic hydroxyl groups is 1. The van der Waals surface area contributed by atoms with E-state index in [4.69, 9.17) is 4.74 Å². The van der Waals surface area contributed by atoms with Crippen LogP contribution in [0, 0.1) is 3.57 Å². The molecule has 1 saturated carbocycles. The van der Waals surface area contributed by atoms with E-state index in [1.807, 2.05) is 20.8 Å². The van der Waals surface area contributed by atoms with Gasteiger partial charge in [-0.1, -0.05) is 12.1 Å². The molecule has 5 nitrogen and oxygen atoms in total. The minimum Gasteiger partial charge on any atom is -0.444 e. The number of hydrogen-bond donors (Lipinski definition) is 3. The van der Waals surface area contributed by atoms with Crippen LogP contribution < -0.4 is 10.6 Å². The summed E-state index contributed by atoms with van der Waals surface area (Å²) in [4.78, 5) is 11.6. The molecular formula is C17H25IN2O3. The summed E-state index contributed by atoms with van der Waals surface area (Å²) in [6, 6.07) is 8.42. The van der Waals surface area contributed by atoms with Crippen molar-refractivity contribution < 1.29 is 14.6 Å². The highest BCUT2D eigenvalue weighted by atomic mass is 127. The molecular weight excluding hydrogens is 407 g/mol. The number of carbonyl (C=O) groups is 1. The first-order valence-corrected chi connectivity index (χ1v) is 8.94. The van der Waals surface area contributed by atoms with Crippen LogP contribution in [0.1, 0.15) is 39.2 Å². The summed E-state index contributed by atoms with van der Waals surface area (Å²) < 4.78 is 6.35. The maximum atomic E-state index is 11.6. The highest BCUT2D eigenvalue weighted by Crippen LogP contribution is 2.45. The summed E-state index contributed by atoms with van der Waals surface area (Å²) in [7, 11) is 0. The molecule has 128 valence electrons. The van der Waals surface area contributed by atoms with Crippen molar-refractivity contribution in [3.8, 4) is 0 Å². The number of hydrogen-bond acceptors (Lipinski definition) is 4. The van der Waals surface area contributed by atoms with E-state index in [1.165, 1.54) is 9.13 Å². The Balaban J connectivity index is 1.76. The van der Waals surface area contributed by atoms with Crippen molar-refractivity contribution in [3.05, 3.63) is 33.4 Å². The van der Waals surface area contributed by atoms with Crippen LogP contribution in [-0.4, -0.2) is 36.0 Å². The van der Waals surface area contributed by atoms with Crippen molar-refractivity contribution in [1.29, 1.82) is 0 Å². The summed E-state index contributed by atoms with van der Waals surface area (Å²) in [5, 5.41) is 16.1. The van der Waals surface area contributed by atoms with Crippen molar-refractivity contribution in [3.63, 3.8) is 0 Å². The van der Waals surface area contributed by atoms with Gasteiger partial charge in [0.1, 0.15) is 5.60 Å². The summed E-state index contributed by atoms with van der Waals surface area (Å²) in [5.74, 6) is 0. The molecule has 0 aliphatic heterocycles. The minimum atomic E-state index is -0.650. The molecule has 0 unspecified atom stereocenters. The molecule has 0 heterocycles. The van der Waals surface area contributed by atoms with Gasteiger partial charge in [0.2, 0.25) is 0 Å². The van der Waals surface area contributed by atoms with Gasteiger partial charge < -0.3 is 20.5 Å². The second kappa shape index (κ2) is 7.36. The van der Waals surface area contributed by atoms with Crippen molar-refractivity contribution in [2.75, 3.05) is 13.1 Å². The van der Waals surface area contributed by atoms with E-state index in [1.54, 1.807) is 0 Å². The molecule has 1 aromatic rings. The van der Waals surface area contributed by atoms with Crippen molar-refractivity contribution >= 4 is 28.7 Å². The van der Waals surface area contributed by atoms with Gasteiger partial charge in [-0.25, -0.2) is 4.79 Å². The first kappa shape index (κ1) is 18.5. The van der Waals surface area contributed by atoms with E-state index in [0.29, 0.717) is 6.54 Å². The lowest BCUT2D eigenvalue weighted by Crippen LogP contribution is -2.42. The van der Waals surface area contributed by atoms with Crippen molar-refractivity contribution in [2.24, 2.45) is 0 Å². The summed E-state index contributed by atoms with van der Waals surface area (Å²) in [6.45, 7) is 6.03. The predicted molar refractivity (Wildman–Crippen MR) is 98.3 cm³/mol. The molecule has 1 fully saturated rings. The SMILES string of the molecule is CC(C)(C)OC(=O)NC[C@H](O)CNC1(c2cccc(I)c2)CC1. The predicted octanol–water partition coefficient (Wildman–Crippen LogP) is 2.76. The van der Waals surface area contributed by atoms with Crippen LogP contribution in [0.2, 0.25) is 0 Å². The third kappa shape index (κ3) is 5.93. The number of halogens is 1. The molecule has 0 spiro atoms. The molecule has 2 rings (SSSR count). The number of aliphatic hydroxyl groups excluding tert-OH is 1. The maximum Gasteiger partial charge on any atom is 0.407 e. The van der Waals surface area contributed by atoms with Gasteiger partial charge in [-0.15, -0.1) is 0 Å². The Morgan fingerprint density at radius 3 is 2.65 bits per heavy atom. The van der Waals surface area contributed by atoms with Gasteiger partial charge in [0.25, 0.3) is 0 Å². The largest absolute Gasteiger partial charge is 0.444 e. The number of nitrogens with one attached hydrogen (secondary N) is 2. The quantitative estimate of drug-likeness (QED) is 0.605. The molecule has 6 heteroatoms. The normalized spacial score (nSPS) is 17.4. The molecule has 1 atom stereocenters. The van der Waals surface area contributed by atoms with Gasteiger partial charge in [-0.2, -0.15) is 0 Å². The Kier molecular flexibility index (Phi) is 5.91. The van der Waals surface area contributed by atoms with Gasteiger partial charge in [-0.3, -0.25) is 0 Å². The van der Waals surface area contributed by atoms with Gasteiger partial charge in [0, 0.05) is 22.2 Å². The Hall–Kier alpha value is -0.860. The van der Waals surface area contributed by atoms with Crippen LogP contribution in [0.5, 0.6) is 0 Å². The van der Waals surface area contributed by atoms with Crippen molar-refractivity contribution in [1.82, 2.24) is 10.6 Å². The van der Waals surface area contributed by atoms with E-state index in [2.05, 4.69) is 57.5 Å².